The van der Waals surface area contributed by atoms with Crippen molar-refractivity contribution in [1.29, 1.82) is 0 Å². The normalized spacial score (nSPS) is 18.5. The van der Waals surface area contributed by atoms with E-state index in [1.165, 1.54) is 18.2 Å². The van der Waals surface area contributed by atoms with E-state index in [0.717, 1.165) is 0 Å². The molecule has 8 nitrogen and oxygen atoms in total. The van der Waals surface area contributed by atoms with Crippen LogP contribution in [0.2, 0.25) is 0 Å². The zero-order chi connectivity index (χ0) is 17.9. The molecule has 2 amide bonds. The third-order valence-electron chi connectivity index (χ3n) is 4.15. The number of nitrogens with one attached hydrogen (secondary N) is 1. The van der Waals surface area contributed by atoms with Crippen LogP contribution >= 0.6 is 0 Å². The Bertz CT molecular complexity index is 661. The first kappa shape index (κ1) is 17.9. The van der Waals surface area contributed by atoms with Crippen LogP contribution in [-0.2, 0) is 14.3 Å². The number of anilines is 1. The van der Waals surface area contributed by atoms with E-state index in [4.69, 9.17) is 4.74 Å². The molecular formula is C16H21N3O5. The van der Waals surface area contributed by atoms with E-state index in [0.29, 0.717) is 24.4 Å². The maximum absolute atomic E-state index is 12.4. The second-order valence-corrected chi connectivity index (χ2v) is 6.00. The van der Waals surface area contributed by atoms with Crippen molar-refractivity contribution in [1.82, 2.24) is 4.90 Å². The molecule has 1 N–H and O–H groups in total. The third-order valence-corrected chi connectivity index (χ3v) is 4.15. The van der Waals surface area contributed by atoms with Gasteiger partial charge in [-0.1, -0.05) is 0 Å². The Kier molecular flexibility index (Phi) is 5.50. The van der Waals surface area contributed by atoms with Crippen molar-refractivity contribution in [3.05, 3.63) is 33.9 Å². The maximum atomic E-state index is 12.4. The molecule has 0 bridgehead atoms. The molecule has 1 heterocycles. The minimum Gasteiger partial charge on any atom is -0.383 e. The van der Waals surface area contributed by atoms with Crippen LogP contribution in [0.1, 0.15) is 18.9 Å². The van der Waals surface area contributed by atoms with Gasteiger partial charge in [-0.25, -0.2) is 0 Å². The predicted molar refractivity (Wildman–Crippen MR) is 87.6 cm³/mol. The zero-order valence-electron chi connectivity index (χ0n) is 13.9. The lowest BCUT2D eigenvalue weighted by atomic mass is 10.1. The number of nitro benzene ring substituents is 1. The summed E-state index contributed by atoms with van der Waals surface area (Å²) < 4.78 is 5.05. The molecule has 0 saturated carbocycles. The van der Waals surface area contributed by atoms with Gasteiger partial charge in [0.2, 0.25) is 11.8 Å². The number of amides is 2. The maximum Gasteiger partial charge on any atom is 0.269 e. The molecule has 2 rings (SSSR count). The molecule has 130 valence electrons. The lowest BCUT2D eigenvalue weighted by molar-refractivity contribution is -0.384. The van der Waals surface area contributed by atoms with E-state index in [1.54, 1.807) is 18.9 Å². The molecule has 0 unspecified atom stereocenters. The highest BCUT2D eigenvalue weighted by molar-refractivity contribution is 5.97. The van der Waals surface area contributed by atoms with Crippen molar-refractivity contribution in [2.45, 2.75) is 26.3 Å². The molecule has 2 atom stereocenters. The Balaban J connectivity index is 2.03. The summed E-state index contributed by atoms with van der Waals surface area (Å²) in [6.45, 7) is 4.33. The molecule has 0 aromatic heterocycles. The number of ether oxygens (including phenoxy) is 1. The number of likely N-dealkylation sites (tertiary alicyclic amines) is 1. The van der Waals surface area contributed by atoms with E-state index in [2.05, 4.69) is 5.32 Å². The van der Waals surface area contributed by atoms with Crippen molar-refractivity contribution in [3.8, 4) is 0 Å². The molecule has 24 heavy (non-hydrogen) atoms. The molecule has 0 aliphatic carbocycles. The number of carbonyl (C=O) groups excluding carboxylic acids is 2. The van der Waals surface area contributed by atoms with E-state index in [-0.39, 0.29) is 30.0 Å². The van der Waals surface area contributed by atoms with Gasteiger partial charge in [0, 0.05) is 37.9 Å². The van der Waals surface area contributed by atoms with E-state index < -0.39 is 10.8 Å². The first-order valence-corrected chi connectivity index (χ1v) is 7.67. The smallest absolute Gasteiger partial charge is 0.269 e. The molecule has 1 aliphatic rings. The Morgan fingerprint density at radius 1 is 1.54 bits per heavy atom. The molecule has 1 saturated heterocycles. The van der Waals surface area contributed by atoms with Crippen LogP contribution < -0.4 is 5.32 Å². The van der Waals surface area contributed by atoms with E-state index in [1.807, 2.05) is 6.92 Å². The van der Waals surface area contributed by atoms with Gasteiger partial charge in [0.25, 0.3) is 5.69 Å². The van der Waals surface area contributed by atoms with Gasteiger partial charge in [-0.05, 0) is 25.5 Å². The summed E-state index contributed by atoms with van der Waals surface area (Å²) >= 11 is 0. The number of methoxy groups -OCH3 is 1. The van der Waals surface area contributed by atoms with Gasteiger partial charge in [-0.2, -0.15) is 0 Å². The Morgan fingerprint density at radius 3 is 2.83 bits per heavy atom. The van der Waals surface area contributed by atoms with Crippen molar-refractivity contribution in [2.75, 3.05) is 25.6 Å². The summed E-state index contributed by atoms with van der Waals surface area (Å²) in [5.41, 5.74) is 1.09. The minimum atomic E-state index is -0.483. The standard InChI is InChI=1S/C16H21N3O5/c1-10-6-13(19(22)23)4-5-14(10)17-16(21)12-7-15(20)18(8-12)11(2)9-24-3/h4-6,11-12H,7-9H2,1-3H3,(H,17,21)/t11-,12-/m0/s1. The number of aryl methyl sites for hydroxylation is 1. The lowest BCUT2D eigenvalue weighted by Gasteiger charge is -2.24. The van der Waals surface area contributed by atoms with Crippen LogP contribution in [0.5, 0.6) is 0 Å². The number of hydrogen-bond acceptors (Lipinski definition) is 5. The lowest BCUT2D eigenvalue weighted by Crippen LogP contribution is -2.38. The molecule has 0 spiro atoms. The Morgan fingerprint density at radius 2 is 2.25 bits per heavy atom. The monoisotopic (exact) mass is 335 g/mol. The molecule has 1 aromatic carbocycles. The average Bonchev–Trinajstić information content (AvgIpc) is 2.91. The zero-order valence-corrected chi connectivity index (χ0v) is 13.9. The van der Waals surface area contributed by atoms with Crippen LogP contribution in [-0.4, -0.2) is 47.9 Å². The molecule has 1 aliphatic heterocycles. The van der Waals surface area contributed by atoms with Crippen molar-refractivity contribution < 1.29 is 19.2 Å². The average molecular weight is 335 g/mol. The summed E-state index contributed by atoms with van der Waals surface area (Å²) in [4.78, 5) is 36.4. The number of carbonyl (C=O) groups is 2. The summed E-state index contributed by atoms with van der Waals surface area (Å²) in [6.07, 6.45) is 0.159. The fourth-order valence-electron chi connectivity index (χ4n) is 2.80. The van der Waals surface area contributed by atoms with Crippen LogP contribution in [0.15, 0.2) is 18.2 Å². The molecule has 1 fully saturated rings. The number of rotatable bonds is 6. The summed E-state index contributed by atoms with van der Waals surface area (Å²) in [6, 6.07) is 4.17. The first-order valence-electron chi connectivity index (χ1n) is 7.67. The Labute approximate surface area is 139 Å². The fourth-order valence-corrected chi connectivity index (χ4v) is 2.80. The highest BCUT2D eigenvalue weighted by atomic mass is 16.6. The van der Waals surface area contributed by atoms with Crippen LogP contribution in [0.4, 0.5) is 11.4 Å². The predicted octanol–water partition coefficient (Wildman–Crippen LogP) is 1.73. The first-order chi connectivity index (χ1) is 11.3. The summed E-state index contributed by atoms with van der Waals surface area (Å²) in [7, 11) is 1.57. The van der Waals surface area contributed by atoms with E-state index in [9.17, 15) is 19.7 Å². The van der Waals surface area contributed by atoms with Crippen molar-refractivity contribution in [3.63, 3.8) is 0 Å². The number of hydrogen-bond donors (Lipinski definition) is 1. The Hall–Kier alpha value is -2.48. The van der Waals surface area contributed by atoms with Crippen LogP contribution in [0.3, 0.4) is 0 Å². The molecular weight excluding hydrogens is 314 g/mol. The van der Waals surface area contributed by atoms with Gasteiger partial charge < -0.3 is 15.0 Å². The molecule has 8 heteroatoms. The summed E-state index contributed by atoms with van der Waals surface area (Å²) in [5, 5.41) is 13.5. The number of non-ortho nitro benzene ring substituents is 1. The number of nitrogens with zero attached hydrogens (tertiary/aromatic N) is 2. The van der Waals surface area contributed by atoms with E-state index >= 15 is 0 Å². The second-order valence-electron chi connectivity index (χ2n) is 6.00. The number of nitro groups is 1. The van der Waals surface area contributed by atoms with Gasteiger partial charge in [-0.3, -0.25) is 19.7 Å². The van der Waals surface area contributed by atoms with Gasteiger partial charge >= 0.3 is 0 Å². The summed E-state index contributed by atoms with van der Waals surface area (Å²) in [5.74, 6) is -0.765. The topological polar surface area (TPSA) is 102 Å². The van der Waals surface area contributed by atoms with Gasteiger partial charge in [0.1, 0.15) is 0 Å². The third kappa shape index (κ3) is 3.88. The van der Waals surface area contributed by atoms with Gasteiger partial charge in [-0.15, -0.1) is 0 Å². The van der Waals surface area contributed by atoms with Crippen LogP contribution in [0, 0.1) is 23.0 Å². The van der Waals surface area contributed by atoms with Crippen molar-refractivity contribution in [2.24, 2.45) is 5.92 Å². The van der Waals surface area contributed by atoms with Crippen molar-refractivity contribution >= 4 is 23.2 Å². The second kappa shape index (κ2) is 7.39. The quantitative estimate of drug-likeness (QED) is 0.630. The van der Waals surface area contributed by atoms with Gasteiger partial charge in [0.15, 0.2) is 0 Å². The SMILES string of the molecule is COC[C@H](C)N1C[C@@H](C(=O)Nc2ccc([N+](=O)[O-])cc2C)CC1=O. The largest absolute Gasteiger partial charge is 0.383 e. The number of benzene rings is 1. The van der Waals surface area contributed by atoms with Gasteiger partial charge in [0.05, 0.1) is 23.5 Å². The fraction of sp³-hybridized carbons (Fsp3) is 0.500. The molecule has 0 radical (unpaired) electrons. The highest BCUT2D eigenvalue weighted by Crippen LogP contribution is 2.25. The molecule has 1 aromatic rings. The van der Waals surface area contributed by atoms with Crippen LogP contribution in [0.25, 0.3) is 0 Å². The minimum absolute atomic E-state index is 0.0268. The highest BCUT2D eigenvalue weighted by Gasteiger charge is 2.36.